The summed E-state index contributed by atoms with van der Waals surface area (Å²) in [5.74, 6) is 0. The Bertz CT molecular complexity index is 1640. The Hall–Kier alpha value is -3.84. The lowest BCUT2D eigenvalue weighted by molar-refractivity contribution is 0.356. The Morgan fingerprint density at radius 3 is 1.98 bits per heavy atom. The molecular weight excluding hydrogens is 518 g/mol. The molecule has 0 amide bonds. The molecular formula is C42H47N. The highest BCUT2D eigenvalue weighted by Gasteiger charge is 2.23. The predicted molar refractivity (Wildman–Crippen MR) is 187 cm³/mol. The first kappa shape index (κ1) is 29.2. The fourth-order valence-corrected chi connectivity index (χ4v) is 6.80. The summed E-state index contributed by atoms with van der Waals surface area (Å²) in [5.41, 5.74) is 11.2. The molecule has 1 aliphatic carbocycles. The second-order valence-corrected chi connectivity index (χ2v) is 13.7. The van der Waals surface area contributed by atoms with E-state index >= 15 is 0 Å². The molecule has 43 heavy (non-hydrogen) atoms. The Morgan fingerprint density at radius 1 is 0.558 bits per heavy atom. The van der Waals surface area contributed by atoms with Crippen molar-refractivity contribution in [3.05, 3.63) is 126 Å². The van der Waals surface area contributed by atoms with Gasteiger partial charge in [0, 0.05) is 17.1 Å². The van der Waals surface area contributed by atoms with Crippen LogP contribution in [0.5, 0.6) is 0 Å². The maximum Gasteiger partial charge on any atom is 0.0464 e. The van der Waals surface area contributed by atoms with Crippen LogP contribution in [0.3, 0.4) is 0 Å². The van der Waals surface area contributed by atoms with E-state index in [0.29, 0.717) is 5.41 Å². The first-order valence-corrected chi connectivity index (χ1v) is 16.5. The Labute approximate surface area is 259 Å². The van der Waals surface area contributed by atoms with Gasteiger partial charge in [-0.2, -0.15) is 0 Å². The number of para-hydroxylation sites is 1. The summed E-state index contributed by atoms with van der Waals surface area (Å²) in [5, 5.41) is 2.67. The molecule has 0 N–H and O–H groups in total. The number of fused-ring (bicyclic) bond motifs is 5. The van der Waals surface area contributed by atoms with Crippen LogP contribution in [-0.4, -0.2) is 0 Å². The molecule has 0 atom stereocenters. The van der Waals surface area contributed by atoms with E-state index in [1.807, 2.05) is 0 Å². The van der Waals surface area contributed by atoms with Crippen molar-refractivity contribution in [2.75, 3.05) is 4.90 Å². The van der Waals surface area contributed by atoms with Crippen LogP contribution < -0.4 is 4.90 Å². The van der Waals surface area contributed by atoms with Crippen LogP contribution >= 0.6 is 0 Å². The lowest BCUT2D eigenvalue weighted by atomic mass is 9.89. The number of hydrogen-bond donors (Lipinski definition) is 0. The number of anilines is 3. The monoisotopic (exact) mass is 565 g/mol. The quantitative estimate of drug-likeness (QED) is 0.133. The van der Waals surface area contributed by atoms with E-state index in [4.69, 9.17) is 0 Å². The van der Waals surface area contributed by atoms with Crippen LogP contribution in [0, 0.1) is 5.41 Å². The predicted octanol–water partition coefficient (Wildman–Crippen LogP) is 12.6. The first-order valence-electron chi connectivity index (χ1n) is 16.5. The van der Waals surface area contributed by atoms with E-state index in [-0.39, 0.29) is 0 Å². The molecule has 0 heterocycles. The molecule has 1 aliphatic rings. The van der Waals surface area contributed by atoms with Crippen molar-refractivity contribution in [2.45, 2.75) is 85.0 Å². The molecule has 0 radical (unpaired) electrons. The highest BCUT2D eigenvalue weighted by Crippen LogP contribution is 2.44. The van der Waals surface area contributed by atoms with Gasteiger partial charge in [-0.3, -0.25) is 0 Å². The van der Waals surface area contributed by atoms with Gasteiger partial charge in [-0.1, -0.05) is 132 Å². The molecule has 0 saturated heterocycles. The molecule has 0 fully saturated rings. The van der Waals surface area contributed by atoms with Crippen molar-refractivity contribution >= 4 is 27.8 Å². The topological polar surface area (TPSA) is 3.24 Å². The molecule has 0 bridgehead atoms. The molecule has 0 aromatic heterocycles. The minimum atomic E-state index is 0.483. The molecule has 0 saturated carbocycles. The zero-order valence-electron chi connectivity index (χ0n) is 26.4. The van der Waals surface area contributed by atoms with E-state index in [1.165, 1.54) is 113 Å². The average molecular weight is 566 g/mol. The van der Waals surface area contributed by atoms with E-state index in [2.05, 4.69) is 135 Å². The van der Waals surface area contributed by atoms with Gasteiger partial charge in [0.25, 0.3) is 0 Å². The second kappa shape index (κ2) is 13.2. The lowest BCUT2D eigenvalue weighted by Crippen LogP contribution is -2.10. The molecule has 5 aromatic rings. The summed E-state index contributed by atoms with van der Waals surface area (Å²) in [6.45, 7) is 7.06. The number of nitrogens with zero attached hydrogens (tertiary/aromatic N) is 1. The van der Waals surface area contributed by atoms with Crippen molar-refractivity contribution in [3.8, 4) is 11.1 Å². The third kappa shape index (κ3) is 7.04. The molecule has 6 rings (SSSR count). The van der Waals surface area contributed by atoms with Gasteiger partial charge in [0.15, 0.2) is 0 Å². The number of unbranched alkanes of at least 4 members (excludes halogenated alkanes) is 6. The van der Waals surface area contributed by atoms with Crippen molar-refractivity contribution in [3.63, 3.8) is 0 Å². The van der Waals surface area contributed by atoms with Crippen molar-refractivity contribution in [1.82, 2.24) is 0 Å². The summed E-state index contributed by atoms with van der Waals surface area (Å²) >= 11 is 0. The third-order valence-electron chi connectivity index (χ3n) is 9.11. The van der Waals surface area contributed by atoms with Gasteiger partial charge in [-0.15, -0.1) is 0 Å². The van der Waals surface area contributed by atoms with Gasteiger partial charge >= 0.3 is 0 Å². The standard InChI is InChI=1S/C42H47N/c1-42(2,3)29-15-8-6-4-5-7-10-16-32-21-25-37(26-22-32)43(36-18-11-9-12-19-36)38-27-28-40-35(31-38)30-34-24-23-33-17-13-14-20-39(33)41(34)40/h9,11-14,17-28,31H,4-8,10,15-16,29-30H2,1-3H3. The summed E-state index contributed by atoms with van der Waals surface area (Å²) < 4.78 is 0. The maximum absolute atomic E-state index is 2.41. The van der Waals surface area contributed by atoms with Crippen LogP contribution in [0.1, 0.15) is 88.8 Å². The molecule has 0 spiro atoms. The first-order chi connectivity index (χ1) is 21.0. The number of aryl methyl sites for hydroxylation is 1. The molecule has 0 unspecified atom stereocenters. The van der Waals surface area contributed by atoms with Crippen LogP contribution in [0.2, 0.25) is 0 Å². The minimum absolute atomic E-state index is 0.483. The van der Waals surface area contributed by atoms with Gasteiger partial charge in [0.1, 0.15) is 0 Å². The summed E-state index contributed by atoms with van der Waals surface area (Å²) in [7, 11) is 0. The smallest absolute Gasteiger partial charge is 0.0464 e. The van der Waals surface area contributed by atoms with Crippen molar-refractivity contribution < 1.29 is 0 Å². The van der Waals surface area contributed by atoms with Gasteiger partial charge in [-0.25, -0.2) is 0 Å². The van der Waals surface area contributed by atoms with Crippen molar-refractivity contribution in [2.24, 2.45) is 5.41 Å². The Kier molecular flexibility index (Phi) is 8.98. The average Bonchev–Trinajstić information content (AvgIpc) is 3.40. The van der Waals surface area contributed by atoms with Crippen LogP contribution in [0.25, 0.3) is 21.9 Å². The van der Waals surface area contributed by atoms with Crippen molar-refractivity contribution in [1.29, 1.82) is 0 Å². The minimum Gasteiger partial charge on any atom is -0.310 e. The third-order valence-corrected chi connectivity index (χ3v) is 9.11. The second-order valence-electron chi connectivity index (χ2n) is 13.7. The summed E-state index contributed by atoms with van der Waals surface area (Å²) in [4.78, 5) is 2.41. The van der Waals surface area contributed by atoms with Crippen LogP contribution in [0.15, 0.2) is 109 Å². The fourth-order valence-electron chi connectivity index (χ4n) is 6.80. The normalized spacial score (nSPS) is 12.3. The van der Waals surface area contributed by atoms with E-state index in [0.717, 1.165) is 6.42 Å². The lowest BCUT2D eigenvalue weighted by Gasteiger charge is -2.26. The van der Waals surface area contributed by atoms with Gasteiger partial charge in [-0.05, 0) is 106 Å². The molecule has 1 nitrogen and oxygen atoms in total. The van der Waals surface area contributed by atoms with Crippen LogP contribution in [0.4, 0.5) is 17.1 Å². The van der Waals surface area contributed by atoms with Gasteiger partial charge in [0.05, 0.1) is 0 Å². The zero-order chi connectivity index (χ0) is 29.6. The van der Waals surface area contributed by atoms with E-state index in [1.54, 1.807) is 0 Å². The van der Waals surface area contributed by atoms with Crippen LogP contribution in [-0.2, 0) is 12.8 Å². The Morgan fingerprint density at radius 2 is 1.21 bits per heavy atom. The molecule has 220 valence electrons. The van der Waals surface area contributed by atoms with E-state index in [9.17, 15) is 0 Å². The zero-order valence-corrected chi connectivity index (χ0v) is 26.4. The number of benzene rings is 5. The summed E-state index contributed by atoms with van der Waals surface area (Å²) in [6.07, 6.45) is 13.0. The maximum atomic E-state index is 2.41. The molecule has 5 aromatic carbocycles. The molecule has 1 heteroatoms. The molecule has 0 aliphatic heterocycles. The highest BCUT2D eigenvalue weighted by molar-refractivity contribution is 6.01. The van der Waals surface area contributed by atoms with E-state index < -0.39 is 0 Å². The van der Waals surface area contributed by atoms with Gasteiger partial charge in [0.2, 0.25) is 0 Å². The Balaban J connectivity index is 1.13. The number of hydrogen-bond acceptors (Lipinski definition) is 1. The SMILES string of the molecule is CC(C)(C)CCCCCCCCCc1ccc(N(c2ccccc2)c2ccc3c(c2)Cc2ccc4ccccc4c2-3)cc1. The fraction of sp³-hybridized carbons (Fsp3) is 0.333. The van der Waals surface area contributed by atoms with Gasteiger partial charge < -0.3 is 4.90 Å². The largest absolute Gasteiger partial charge is 0.310 e. The number of rotatable bonds is 12. The highest BCUT2D eigenvalue weighted by atomic mass is 15.1. The summed E-state index contributed by atoms with van der Waals surface area (Å²) in [6, 6.07) is 40.5.